The van der Waals surface area contributed by atoms with Gasteiger partial charge in [0.1, 0.15) is 11.5 Å². The molecule has 0 bridgehead atoms. The largest absolute Gasteiger partial charge is 0.497 e. The zero-order chi connectivity index (χ0) is 18.8. The molecule has 0 heterocycles. The van der Waals surface area contributed by atoms with Gasteiger partial charge in [0, 0.05) is 13.1 Å². The Balaban J connectivity index is 1.66. The van der Waals surface area contributed by atoms with Crippen molar-refractivity contribution in [3.63, 3.8) is 0 Å². The quantitative estimate of drug-likeness (QED) is 0.719. The number of hydrogen-bond acceptors (Lipinski definition) is 3. The number of nitrogens with one attached hydrogen (secondary N) is 2. The van der Waals surface area contributed by atoms with Crippen molar-refractivity contribution in [3.05, 3.63) is 59.7 Å². The summed E-state index contributed by atoms with van der Waals surface area (Å²) in [5, 5.41) is 5.73. The molecule has 2 amide bonds. The van der Waals surface area contributed by atoms with Crippen molar-refractivity contribution in [1.82, 2.24) is 10.6 Å². The van der Waals surface area contributed by atoms with E-state index >= 15 is 0 Å². The molecule has 2 aromatic carbocycles. The summed E-state index contributed by atoms with van der Waals surface area (Å²) in [6.07, 6.45) is 0.777. The van der Waals surface area contributed by atoms with Crippen molar-refractivity contribution in [2.75, 3.05) is 20.3 Å². The molecule has 0 atom stereocenters. The summed E-state index contributed by atoms with van der Waals surface area (Å²) >= 11 is 0. The molecule has 0 spiro atoms. The Morgan fingerprint density at radius 1 is 0.923 bits per heavy atom. The van der Waals surface area contributed by atoms with E-state index in [0.29, 0.717) is 25.6 Å². The Bertz CT molecular complexity index is 667. The highest BCUT2D eigenvalue weighted by Crippen LogP contribution is 2.13. The Hall–Kier alpha value is -2.69. The van der Waals surface area contributed by atoms with Crippen LogP contribution >= 0.6 is 0 Å². The second-order valence-electron chi connectivity index (χ2n) is 6.56. The van der Waals surface area contributed by atoms with Crippen LogP contribution in [0, 0.1) is 5.92 Å². The van der Waals surface area contributed by atoms with Gasteiger partial charge in [-0.25, -0.2) is 4.79 Å². The molecule has 140 valence electrons. The minimum absolute atomic E-state index is 0.168. The topological polar surface area (TPSA) is 59.6 Å². The van der Waals surface area contributed by atoms with Crippen LogP contribution in [0.25, 0.3) is 0 Å². The maximum absolute atomic E-state index is 11.9. The minimum Gasteiger partial charge on any atom is -0.497 e. The fraction of sp³-hybridized carbons (Fsp3) is 0.381. The number of urea groups is 1. The molecule has 5 nitrogen and oxygen atoms in total. The Morgan fingerprint density at radius 3 is 2.15 bits per heavy atom. The predicted octanol–water partition coefficient (Wildman–Crippen LogP) is 3.77. The molecule has 0 aliphatic carbocycles. The minimum atomic E-state index is -0.168. The van der Waals surface area contributed by atoms with Crippen molar-refractivity contribution in [2.24, 2.45) is 5.92 Å². The van der Waals surface area contributed by atoms with Crippen LogP contribution in [-0.2, 0) is 13.0 Å². The van der Waals surface area contributed by atoms with Gasteiger partial charge in [0.15, 0.2) is 0 Å². The van der Waals surface area contributed by atoms with Crippen LogP contribution in [0.3, 0.4) is 0 Å². The lowest BCUT2D eigenvalue weighted by Gasteiger charge is -2.10. The molecule has 5 heteroatoms. The molecule has 2 aromatic rings. The van der Waals surface area contributed by atoms with Gasteiger partial charge >= 0.3 is 6.03 Å². The fourth-order valence-corrected chi connectivity index (χ4v) is 2.32. The van der Waals surface area contributed by atoms with Crippen LogP contribution in [0.2, 0.25) is 0 Å². The standard InChI is InChI=1S/C21H28N2O3/c1-16(2)15-26-20-10-6-18(7-11-20)14-23-21(24)22-13-12-17-4-8-19(25-3)9-5-17/h4-11,16H,12-15H2,1-3H3,(H2,22,23,24). The number of carbonyl (C=O) groups is 1. The molecule has 0 fully saturated rings. The van der Waals surface area contributed by atoms with Crippen LogP contribution < -0.4 is 20.1 Å². The van der Waals surface area contributed by atoms with Crippen molar-refractivity contribution in [3.8, 4) is 11.5 Å². The first-order chi connectivity index (χ1) is 12.6. The molecule has 0 aromatic heterocycles. The van der Waals surface area contributed by atoms with Crippen molar-refractivity contribution < 1.29 is 14.3 Å². The highest BCUT2D eigenvalue weighted by atomic mass is 16.5. The number of rotatable bonds is 9. The Morgan fingerprint density at radius 2 is 1.54 bits per heavy atom. The summed E-state index contributed by atoms with van der Waals surface area (Å²) in [4.78, 5) is 11.9. The van der Waals surface area contributed by atoms with Crippen LogP contribution in [0.5, 0.6) is 11.5 Å². The smallest absolute Gasteiger partial charge is 0.315 e. The lowest BCUT2D eigenvalue weighted by atomic mass is 10.1. The van der Waals surface area contributed by atoms with Gasteiger partial charge in [-0.1, -0.05) is 38.1 Å². The summed E-state index contributed by atoms with van der Waals surface area (Å²) < 4.78 is 10.8. The first-order valence-corrected chi connectivity index (χ1v) is 8.93. The molecule has 0 aliphatic rings. The number of methoxy groups -OCH3 is 1. The third kappa shape index (κ3) is 7.05. The van der Waals surface area contributed by atoms with E-state index in [1.165, 1.54) is 0 Å². The average molecular weight is 356 g/mol. The lowest BCUT2D eigenvalue weighted by Crippen LogP contribution is -2.36. The molecule has 26 heavy (non-hydrogen) atoms. The van der Waals surface area contributed by atoms with Gasteiger partial charge in [-0.3, -0.25) is 0 Å². The first-order valence-electron chi connectivity index (χ1n) is 8.93. The van der Waals surface area contributed by atoms with E-state index in [-0.39, 0.29) is 6.03 Å². The number of ether oxygens (including phenoxy) is 2. The van der Waals surface area contributed by atoms with Gasteiger partial charge in [0.2, 0.25) is 0 Å². The third-order valence-corrected chi connectivity index (χ3v) is 3.82. The fourth-order valence-electron chi connectivity index (χ4n) is 2.32. The summed E-state index contributed by atoms with van der Waals surface area (Å²) in [5.41, 5.74) is 2.19. The van der Waals surface area contributed by atoms with Crippen molar-refractivity contribution in [1.29, 1.82) is 0 Å². The summed E-state index contributed by atoms with van der Waals surface area (Å²) in [7, 11) is 1.65. The number of benzene rings is 2. The van der Waals surface area contributed by atoms with Crippen LogP contribution in [0.4, 0.5) is 4.79 Å². The van der Waals surface area contributed by atoms with Gasteiger partial charge in [-0.2, -0.15) is 0 Å². The molecule has 0 saturated heterocycles. The Kier molecular flexibility index (Phi) is 7.80. The first kappa shape index (κ1) is 19.6. The molecule has 0 radical (unpaired) electrons. The molecular weight excluding hydrogens is 328 g/mol. The zero-order valence-corrected chi connectivity index (χ0v) is 15.7. The molecule has 0 aliphatic heterocycles. The number of hydrogen-bond donors (Lipinski definition) is 2. The predicted molar refractivity (Wildman–Crippen MR) is 104 cm³/mol. The van der Waals surface area contributed by atoms with Gasteiger partial charge in [0.25, 0.3) is 0 Å². The van der Waals surface area contributed by atoms with Crippen molar-refractivity contribution >= 4 is 6.03 Å². The molecule has 0 saturated carbocycles. The average Bonchev–Trinajstić information content (AvgIpc) is 2.66. The van der Waals surface area contributed by atoms with Gasteiger partial charge in [0.05, 0.1) is 13.7 Å². The summed E-state index contributed by atoms with van der Waals surface area (Å²) in [6.45, 7) is 6.00. The normalized spacial score (nSPS) is 10.5. The van der Waals surface area contributed by atoms with Crippen LogP contribution in [-0.4, -0.2) is 26.3 Å². The number of carbonyl (C=O) groups excluding carboxylic acids is 1. The maximum atomic E-state index is 11.9. The monoisotopic (exact) mass is 356 g/mol. The molecule has 2 rings (SSSR count). The van der Waals surface area contributed by atoms with E-state index in [1.54, 1.807) is 7.11 Å². The third-order valence-electron chi connectivity index (χ3n) is 3.82. The highest BCUT2D eigenvalue weighted by Gasteiger charge is 2.02. The van der Waals surface area contributed by atoms with Gasteiger partial charge in [-0.15, -0.1) is 0 Å². The van der Waals surface area contributed by atoms with Gasteiger partial charge in [-0.05, 0) is 47.7 Å². The summed E-state index contributed by atoms with van der Waals surface area (Å²) in [6, 6.07) is 15.5. The summed E-state index contributed by atoms with van der Waals surface area (Å²) in [5.74, 6) is 2.18. The second kappa shape index (κ2) is 10.3. The zero-order valence-electron chi connectivity index (χ0n) is 15.7. The number of amides is 2. The molecular formula is C21H28N2O3. The van der Waals surface area contributed by atoms with E-state index in [2.05, 4.69) is 24.5 Å². The second-order valence-corrected chi connectivity index (χ2v) is 6.56. The Labute approximate surface area is 155 Å². The van der Waals surface area contributed by atoms with E-state index < -0.39 is 0 Å². The van der Waals surface area contributed by atoms with Gasteiger partial charge < -0.3 is 20.1 Å². The van der Waals surface area contributed by atoms with Crippen molar-refractivity contribution in [2.45, 2.75) is 26.8 Å². The van der Waals surface area contributed by atoms with E-state index in [0.717, 1.165) is 29.0 Å². The SMILES string of the molecule is COc1ccc(CCNC(=O)NCc2ccc(OCC(C)C)cc2)cc1. The van der Waals surface area contributed by atoms with Crippen LogP contribution in [0.1, 0.15) is 25.0 Å². The molecule has 0 unspecified atom stereocenters. The van der Waals surface area contributed by atoms with Crippen LogP contribution in [0.15, 0.2) is 48.5 Å². The highest BCUT2D eigenvalue weighted by molar-refractivity contribution is 5.73. The lowest BCUT2D eigenvalue weighted by molar-refractivity contribution is 0.240. The van der Waals surface area contributed by atoms with E-state index in [4.69, 9.17) is 9.47 Å². The van der Waals surface area contributed by atoms with E-state index in [1.807, 2.05) is 48.5 Å². The van der Waals surface area contributed by atoms with E-state index in [9.17, 15) is 4.79 Å². The molecule has 2 N–H and O–H groups in total. The maximum Gasteiger partial charge on any atom is 0.315 e.